The standard InChI is InChI=1S/C34H46ClN3O6S/c1-5-7-23-18-26(35)11-13-27(23)25-20-38-19-24-10-12-28(24)30(43-4)9-6-8-22(2)32(16-17-42-3)45(40,41)37-34(39)29-14-15-31(44-21-25)33(38)36-29/h6,9,11,13-15,18,22,24-25,28,30,32H,5,7-8,10,12,16-17,19-21H2,1-4H3,(H,37,39)/b9-6+. The fourth-order valence-corrected chi connectivity index (χ4v) is 8.89. The molecule has 45 heavy (non-hydrogen) atoms. The Morgan fingerprint density at radius 2 is 1.98 bits per heavy atom. The third-order valence-corrected chi connectivity index (χ3v) is 11.9. The fourth-order valence-electron chi connectivity index (χ4n) is 7.05. The molecule has 0 saturated heterocycles. The molecule has 0 spiro atoms. The highest BCUT2D eigenvalue weighted by Crippen LogP contribution is 2.42. The summed E-state index contributed by atoms with van der Waals surface area (Å²) in [5, 5.41) is -0.110. The Morgan fingerprint density at radius 3 is 2.69 bits per heavy atom. The summed E-state index contributed by atoms with van der Waals surface area (Å²) in [5.41, 5.74) is 2.44. The van der Waals surface area contributed by atoms with Crippen molar-refractivity contribution in [2.75, 3.05) is 45.4 Å². The summed E-state index contributed by atoms with van der Waals surface area (Å²) >= 11 is 6.40. The predicted octanol–water partition coefficient (Wildman–Crippen LogP) is 5.77. The Morgan fingerprint density at radius 1 is 1.16 bits per heavy atom. The van der Waals surface area contributed by atoms with Crippen molar-refractivity contribution in [3.05, 3.63) is 64.3 Å². The first-order valence-corrected chi connectivity index (χ1v) is 18.0. The van der Waals surface area contributed by atoms with Crippen LogP contribution in [0.15, 0.2) is 42.5 Å². The third kappa shape index (κ3) is 7.67. The monoisotopic (exact) mass is 659 g/mol. The van der Waals surface area contributed by atoms with Crippen LogP contribution >= 0.6 is 11.6 Å². The second kappa shape index (κ2) is 14.8. The molecule has 5 rings (SSSR count). The van der Waals surface area contributed by atoms with E-state index in [9.17, 15) is 13.2 Å². The van der Waals surface area contributed by atoms with Gasteiger partial charge >= 0.3 is 0 Å². The van der Waals surface area contributed by atoms with Crippen LogP contribution < -0.4 is 14.4 Å². The number of allylic oxidation sites excluding steroid dienone is 1. The SMILES string of the molecule is CCCc1cc(Cl)ccc1C1COc2ccc3nc2N(C1)CC1CCC1C(OC)/C=C/CC(C)C(CCOC)S(=O)(=O)NC3=O. The van der Waals surface area contributed by atoms with Gasteiger partial charge in [-0.2, -0.15) is 0 Å². The normalized spacial score (nSPS) is 29.0. The highest BCUT2D eigenvalue weighted by Gasteiger charge is 2.40. The van der Waals surface area contributed by atoms with E-state index in [1.54, 1.807) is 26.4 Å². The first-order valence-electron chi connectivity index (χ1n) is 16.1. The minimum Gasteiger partial charge on any atom is -0.489 e. The lowest BCUT2D eigenvalue weighted by Gasteiger charge is -2.43. The zero-order valence-electron chi connectivity index (χ0n) is 26.7. The van der Waals surface area contributed by atoms with Crippen molar-refractivity contribution in [1.82, 2.24) is 9.71 Å². The molecule has 2 bridgehead atoms. The van der Waals surface area contributed by atoms with Crippen molar-refractivity contribution < 1.29 is 27.4 Å². The van der Waals surface area contributed by atoms with Gasteiger partial charge in [0.15, 0.2) is 11.6 Å². The minimum absolute atomic E-state index is 0.0348. The molecule has 6 atom stereocenters. The number of sulfonamides is 1. The van der Waals surface area contributed by atoms with Gasteiger partial charge in [0.25, 0.3) is 5.91 Å². The molecule has 246 valence electrons. The molecule has 3 aliphatic rings. The number of hydrogen-bond donors (Lipinski definition) is 1. The number of pyridine rings is 1. The molecular weight excluding hydrogens is 614 g/mol. The Hall–Kier alpha value is -2.66. The molecule has 11 heteroatoms. The second-order valence-electron chi connectivity index (χ2n) is 12.7. The summed E-state index contributed by atoms with van der Waals surface area (Å²) in [6.45, 7) is 6.10. The van der Waals surface area contributed by atoms with Crippen LogP contribution in [0, 0.1) is 17.8 Å². The molecule has 2 aliphatic heterocycles. The molecule has 9 nitrogen and oxygen atoms in total. The zero-order chi connectivity index (χ0) is 32.1. The molecule has 1 aliphatic carbocycles. The van der Waals surface area contributed by atoms with Gasteiger partial charge in [0.05, 0.1) is 18.0 Å². The highest BCUT2D eigenvalue weighted by molar-refractivity contribution is 7.90. The summed E-state index contributed by atoms with van der Waals surface area (Å²) in [4.78, 5) is 20.5. The van der Waals surface area contributed by atoms with Crippen LogP contribution in [-0.4, -0.2) is 71.2 Å². The second-order valence-corrected chi connectivity index (χ2v) is 15.0. The molecule has 1 N–H and O–H groups in total. The largest absolute Gasteiger partial charge is 0.489 e. The highest BCUT2D eigenvalue weighted by atomic mass is 35.5. The molecule has 2 aromatic rings. The van der Waals surface area contributed by atoms with Gasteiger partial charge in [-0.25, -0.2) is 18.1 Å². The fraction of sp³-hybridized carbons (Fsp3) is 0.588. The van der Waals surface area contributed by atoms with Crippen molar-refractivity contribution in [2.45, 2.75) is 69.6 Å². The molecule has 0 radical (unpaired) electrons. The van der Waals surface area contributed by atoms with Crippen LogP contribution in [-0.2, 0) is 25.9 Å². The molecule has 1 aromatic carbocycles. The number of methoxy groups -OCH3 is 2. The van der Waals surface area contributed by atoms with Crippen LogP contribution in [0.2, 0.25) is 5.02 Å². The first-order chi connectivity index (χ1) is 21.6. The molecule has 3 heterocycles. The van der Waals surface area contributed by atoms with Crippen molar-refractivity contribution in [1.29, 1.82) is 0 Å². The van der Waals surface area contributed by atoms with E-state index < -0.39 is 21.2 Å². The van der Waals surface area contributed by atoms with E-state index in [0.717, 1.165) is 25.7 Å². The van der Waals surface area contributed by atoms with Gasteiger partial charge in [-0.1, -0.05) is 50.1 Å². The maximum Gasteiger partial charge on any atom is 0.283 e. The number of rotatable bonds is 7. The topological polar surface area (TPSA) is 107 Å². The first kappa shape index (κ1) is 33.7. The van der Waals surface area contributed by atoms with E-state index in [4.69, 9.17) is 30.8 Å². The molecular formula is C34H46ClN3O6S. The van der Waals surface area contributed by atoms with Crippen molar-refractivity contribution in [3.8, 4) is 5.75 Å². The Bertz CT molecular complexity index is 1480. The predicted molar refractivity (Wildman–Crippen MR) is 177 cm³/mol. The summed E-state index contributed by atoms with van der Waals surface area (Å²) in [7, 11) is -0.759. The Balaban J connectivity index is 1.55. The number of nitrogens with zero attached hydrogens (tertiary/aromatic N) is 2. The number of aromatic nitrogens is 1. The Kier molecular flexibility index (Phi) is 11.1. The van der Waals surface area contributed by atoms with Gasteiger partial charge in [0.1, 0.15) is 5.69 Å². The van der Waals surface area contributed by atoms with Gasteiger partial charge in [0, 0.05) is 44.9 Å². The van der Waals surface area contributed by atoms with Crippen molar-refractivity contribution in [2.24, 2.45) is 17.8 Å². The molecule has 1 fully saturated rings. The summed E-state index contributed by atoms with van der Waals surface area (Å²) in [6.07, 6.45) is 8.84. The zero-order valence-corrected chi connectivity index (χ0v) is 28.3. The smallest absolute Gasteiger partial charge is 0.283 e. The lowest BCUT2D eigenvalue weighted by molar-refractivity contribution is 0.0134. The number of ether oxygens (including phenoxy) is 3. The van der Waals surface area contributed by atoms with Crippen LogP contribution in [0.1, 0.15) is 73.5 Å². The number of benzene rings is 1. The molecule has 6 unspecified atom stereocenters. The van der Waals surface area contributed by atoms with E-state index >= 15 is 0 Å². The molecule has 1 aromatic heterocycles. The molecule has 1 amide bonds. The van der Waals surface area contributed by atoms with E-state index in [1.807, 2.05) is 25.1 Å². The van der Waals surface area contributed by atoms with Crippen molar-refractivity contribution in [3.63, 3.8) is 0 Å². The number of fused-ring (bicyclic) bond motifs is 2. The number of carbonyl (C=O) groups excluding carboxylic acids is 1. The van der Waals surface area contributed by atoms with Crippen LogP contribution in [0.5, 0.6) is 5.75 Å². The Labute approximate surface area is 272 Å². The number of carbonyl (C=O) groups is 1. The van der Waals surface area contributed by atoms with E-state index in [-0.39, 0.29) is 36.7 Å². The summed E-state index contributed by atoms with van der Waals surface area (Å²) in [5.74, 6) is 0.836. The quantitative estimate of drug-likeness (QED) is 0.374. The summed E-state index contributed by atoms with van der Waals surface area (Å²) < 4.78 is 47.1. The van der Waals surface area contributed by atoms with Gasteiger partial charge < -0.3 is 19.1 Å². The van der Waals surface area contributed by atoms with Gasteiger partial charge in [-0.3, -0.25) is 4.79 Å². The van der Waals surface area contributed by atoms with E-state index in [1.165, 1.54) is 11.1 Å². The molecule has 1 saturated carbocycles. The number of anilines is 1. The lowest BCUT2D eigenvalue weighted by Crippen LogP contribution is -2.45. The summed E-state index contributed by atoms with van der Waals surface area (Å²) in [6, 6.07) is 9.36. The van der Waals surface area contributed by atoms with E-state index in [2.05, 4.69) is 28.7 Å². The maximum atomic E-state index is 13.6. The number of hydrogen-bond acceptors (Lipinski definition) is 8. The van der Waals surface area contributed by atoms with Crippen LogP contribution in [0.3, 0.4) is 0 Å². The van der Waals surface area contributed by atoms with Crippen LogP contribution in [0.25, 0.3) is 0 Å². The lowest BCUT2D eigenvalue weighted by atomic mass is 9.70. The van der Waals surface area contributed by atoms with E-state index in [0.29, 0.717) is 54.5 Å². The maximum absolute atomic E-state index is 13.6. The van der Waals surface area contributed by atoms with Crippen molar-refractivity contribution >= 4 is 33.3 Å². The van der Waals surface area contributed by atoms with Crippen LogP contribution in [0.4, 0.5) is 5.82 Å². The number of halogens is 1. The number of nitrogens with one attached hydrogen (secondary N) is 1. The van der Waals surface area contributed by atoms with Gasteiger partial charge in [0.2, 0.25) is 10.0 Å². The third-order valence-electron chi connectivity index (χ3n) is 9.65. The van der Waals surface area contributed by atoms with Gasteiger partial charge in [-0.15, -0.1) is 0 Å². The number of aryl methyl sites for hydroxylation is 1. The average molecular weight is 660 g/mol. The number of amides is 1. The van der Waals surface area contributed by atoms with Gasteiger partial charge in [-0.05, 0) is 85.3 Å². The minimum atomic E-state index is -4.04. The average Bonchev–Trinajstić information content (AvgIpc) is 3.17.